The molecule has 2 rings (SSSR count). The van der Waals surface area contributed by atoms with Gasteiger partial charge in [0.25, 0.3) is 0 Å². The van der Waals surface area contributed by atoms with Gasteiger partial charge in [0.1, 0.15) is 5.82 Å². The second-order valence-corrected chi connectivity index (χ2v) is 4.87. The fourth-order valence-electron chi connectivity index (χ4n) is 2.40. The number of benzene rings is 1. The van der Waals surface area contributed by atoms with Gasteiger partial charge in [0.05, 0.1) is 11.0 Å². The third-order valence-corrected chi connectivity index (χ3v) is 3.54. The quantitative estimate of drug-likeness (QED) is 0.672. The van der Waals surface area contributed by atoms with E-state index < -0.39 is 10.7 Å². The van der Waals surface area contributed by atoms with E-state index in [1.54, 1.807) is 0 Å². The fraction of sp³-hybridized carbons (Fsp3) is 0.538. The molecule has 0 bridgehead atoms. The molecular formula is C13H17FN2O3. The topological polar surface area (TPSA) is 78.4 Å². The Morgan fingerprint density at radius 2 is 2.05 bits per heavy atom. The number of halogens is 1. The van der Waals surface area contributed by atoms with Gasteiger partial charge in [0, 0.05) is 12.1 Å². The number of nitrogens with zero attached hydrogens (tertiary/aromatic N) is 1. The van der Waals surface area contributed by atoms with Gasteiger partial charge in [-0.3, -0.25) is 10.1 Å². The van der Waals surface area contributed by atoms with Crippen LogP contribution in [0.5, 0.6) is 5.75 Å². The van der Waals surface area contributed by atoms with E-state index >= 15 is 0 Å². The van der Waals surface area contributed by atoms with Crippen molar-refractivity contribution in [2.45, 2.75) is 31.8 Å². The maximum Gasteiger partial charge on any atom is 0.311 e. The van der Waals surface area contributed by atoms with Crippen LogP contribution >= 0.6 is 0 Å². The zero-order chi connectivity index (χ0) is 13.8. The van der Waals surface area contributed by atoms with Crippen molar-refractivity contribution in [1.82, 2.24) is 0 Å². The minimum absolute atomic E-state index is 0.0150. The third-order valence-electron chi connectivity index (χ3n) is 3.54. The highest BCUT2D eigenvalue weighted by Gasteiger charge is 2.24. The summed E-state index contributed by atoms with van der Waals surface area (Å²) in [4.78, 5) is 10.3. The summed E-state index contributed by atoms with van der Waals surface area (Å²) >= 11 is 0. The molecule has 1 aliphatic rings. The first-order chi connectivity index (χ1) is 9.10. The lowest BCUT2D eigenvalue weighted by molar-refractivity contribution is -0.386. The van der Waals surface area contributed by atoms with Gasteiger partial charge in [-0.15, -0.1) is 0 Å². The van der Waals surface area contributed by atoms with E-state index in [-0.39, 0.29) is 17.5 Å². The van der Waals surface area contributed by atoms with Gasteiger partial charge in [-0.2, -0.15) is 0 Å². The Hall–Kier alpha value is -1.69. The molecule has 6 heteroatoms. The van der Waals surface area contributed by atoms with Gasteiger partial charge in [0.2, 0.25) is 0 Å². The fourth-order valence-corrected chi connectivity index (χ4v) is 2.40. The van der Waals surface area contributed by atoms with Crippen molar-refractivity contribution in [2.24, 2.45) is 11.7 Å². The zero-order valence-electron chi connectivity index (χ0n) is 10.5. The minimum atomic E-state index is -0.555. The van der Waals surface area contributed by atoms with E-state index in [1.165, 1.54) is 0 Å². The maximum atomic E-state index is 13.2. The van der Waals surface area contributed by atoms with Gasteiger partial charge in [-0.05, 0) is 44.2 Å². The van der Waals surface area contributed by atoms with E-state index in [2.05, 4.69) is 0 Å². The lowest BCUT2D eigenvalue weighted by Crippen LogP contribution is -2.27. The van der Waals surface area contributed by atoms with Crippen LogP contribution in [0.2, 0.25) is 0 Å². The first kappa shape index (κ1) is 13.7. The van der Waals surface area contributed by atoms with E-state index in [4.69, 9.17) is 10.5 Å². The molecule has 1 aromatic rings. The van der Waals surface area contributed by atoms with Crippen LogP contribution in [0.15, 0.2) is 18.2 Å². The highest BCUT2D eigenvalue weighted by Crippen LogP contribution is 2.32. The van der Waals surface area contributed by atoms with Crippen molar-refractivity contribution < 1.29 is 14.1 Å². The Kier molecular flexibility index (Phi) is 4.31. The summed E-state index contributed by atoms with van der Waals surface area (Å²) in [5.74, 6) is -0.0141. The molecule has 0 saturated heterocycles. The third kappa shape index (κ3) is 3.41. The molecule has 0 atom stereocenters. The minimum Gasteiger partial charge on any atom is -0.483 e. The Balaban J connectivity index is 2.06. The Morgan fingerprint density at radius 1 is 1.37 bits per heavy atom. The summed E-state index contributed by atoms with van der Waals surface area (Å²) in [6.07, 6.45) is 3.41. The Morgan fingerprint density at radius 3 is 2.63 bits per heavy atom. The number of hydrogen-bond donors (Lipinski definition) is 1. The molecule has 0 radical (unpaired) electrons. The molecule has 5 nitrogen and oxygen atoms in total. The molecule has 104 valence electrons. The van der Waals surface area contributed by atoms with Gasteiger partial charge in [-0.1, -0.05) is 0 Å². The van der Waals surface area contributed by atoms with Crippen molar-refractivity contribution in [3.8, 4) is 5.75 Å². The summed E-state index contributed by atoms with van der Waals surface area (Å²) in [7, 11) is 0. The summed E-state index contributed by atoms with van der Waals surface area (Å²) in [6, 6.07) is 3.28. The number of ether oxygens (including phenoxy) is 1. The van der Waals surface area contributed by atoms with E-state index in [1.807, 2.05) is 0 Å². The zero-order valence-corrected chi connectivity index (χ0v) is 10.5. The molecule has 0 unspecified atom stereocenters. The van der Waals surface area contributed by atoms with Crippen LogP contribution in [-0.4, -0.2) is 17.6 Å². The predicted octanol–water partition coefficient (Wildman–Crippen LogP) is 2.63. The standard InChI is InChI=1S/C13H17FN2O3/c14-10-3-6-12(16(17)18)13(7-10)19-11-4-1-9(8-15)2-5-11/h3,6-7,9,11H,1-2,4-5,8,15H2. The van der Waals surface area contributed by atoms with Gasteiger partial charge >= 0.3 is 5.69 Å². The number of nitrogens with two attached hydrogens (primary N) is 1. The highest BCUT2D eigenvalue weighted by molar-refractivity contribution is 5.46. The molecule has 1 aromatic carbocycles. The largest absolute Gasteiger partial charge is 0.483 e. The second kappa shape index (κ2) is 5.97. The van der Waals surface area contributed by atoms with Crippen LogP contribution < -0.4 is 10.5 Å². The van der Waals surface area contributed by atoms with Crippen LogP contribution in [0.1, 0.15) is 25.7 Å². The number of nitro benzene ring substituents is 1. The van der Waals surface area contributed by atoms with Crippen LogP contribution in [0.3, 0.4) is 0 Å². The Labute approximate surface area is 110 Å². The molecular weight excluding hydrogens is 251 g/mol. The van der Waals surface area contributed by atoms with Gasteiger partial charge in [-0.25, -0.2) is 4.39 Å². The van der Waals surface area contributed by atoms with E-state index in [9.17, 15) is 14.5 Å². The average molecular weight is 268 g/mol. The second-order valence-electron chi connectivity index (χ2n) is 4.87. The molecule has 0 aliphatic heterocycles. The molecule has 1 aliphatic carbocycles. The molecule has 2 N–H and O–H groups in total. The number of hydrogen-bond acceptors (Lipinski definition) is 4. The normalized spacial score (nSPS) is 23.1. The van der Waals surface area contributed by atoms with Crippen LogP contribution in [0.4, 0.5) is 10.1 Å². The van der Waals surface area contributed by atoms with Crippen LogP contribution in [0, 0.1) is 21.8 Å². The Bertz CT molecular complexity index is 459. The van der Waals surface area contributed by atoms with Gasteiger partial charge in [0.15, 0.2) is 5.75 Å². The average Bonchev–Trinajstić information content (AvgIpc) is 2.39. The molecule has 0 amide bonds. The van der Waals surface area contributed by atoms with Gasteiger partial charge < -0.3 is 10.5 Å². The van der Waals surface area contributed by atoms with E-state index in [0.717, 1.165) is 43.9 Å². The predicted molar refractivity (Wildman–Crippen MR) is 68.5 cm³/mol. The maximum absolute atomic E-state index is 13.2. The first-order valence-electron chi connectivity index (χ1n) is 6.41. The van der Waals surface area contributed by atoms with Crippen molar-refractivity contribution in [3.63, 3.8) is 0 Å². The van der Waals surface area contributed by atoms with Crippen molar-refractivity contribution in [1.29, 1.82) is 0 Å². The van der Waals surface area contributed by atoms with E-state index in [0.29, 0.717) is 12.5 Å². The van der Waals surface area contributed by atoms with Crippen molar-refractivity contribution in [2.75, 3.05) is 6.54 Å². The molecule has 0 spiro atoms. The number of nitro groups is 1. The molecule has 0 aromatic heterocycles. The number of rotatable bonds is 4. The summed E-state index contributed by atoms with van der Waals surface area (Å²) < 4.78 is 18.8. The molecule has 1 saturated carbocycles. The van der Waals surface area contributed by atoms with Crippen molar-refractivity contribution in [3.05, 3.63) is 34.1 Å². The first-order valence-corrected chi connectivity index (χ1v) is 6.41. The monoisotopic (exact) mass is 268 g/mol. The molecule has 1 fully saturated rings. The summed E-state index contributed by atoms with van der Waals surface area (Å²) in [6.45, 7) is 0.660. The molecule has 0 heterocycles. The van der Waals surface area contributed by atoms with Crippen molar-refractivity contribution >= 4 is 5.69 Å². The lowest BCUT2D eigenvalue weighted by Gasteiger charge is -2.27. The summed E-state index contributed by atoms with van der Waals surface area (Å²) in [5.41, 5.74) is 5.41. The summed E-state index contributed by atoms with van der Waals surface area (Å²) in [5, 5.41) is 10.9. The molecule has 19 heavy (non-hydrogen) atoms. The highest BCUT2D eigenvalue weighted by atomic mass is 19.1. The van der Waals surface area contributed by atoms with Crippen LogP contribution in [0.25, 0.3) is 0 Å². The van der Waals surface area contributed by atoms with Crippen LogP contribution in [-0.2, 0) is 0 Å². The lowest BCUT2D eigenvalue weighted by atomic mass is 9.87. The SMILES string of the molecule is NCC1CCC(Oc2cc(F)ccc2[N+](=O)[O-])CC1. The smallest absolute Gasteiger partial charge is 0.311 e.